The minimum Gasteiger partial charge on any atom is -0.497 e. The Morgan fingerprint density at radius 3 is 2.29 bits per heavy atom. The molecule has 0 aliphatic carbocycles. The number of carbonyl (C=O) groups is 3. The van der Waals surface area contributed by atoms with Crippen molar-refractivity contribution >= 4 is 58.0 Å². The second kappa shape index (κ2) is 15.0. The van der Waals surface area contributed by atoms with Crippen molar-refractivity contribution < 1.29 is 23.5 Å². The van der Waals surface area contributed by atoms with Crippen LogP contribution < -0.4 is 20.7 Å². The molecular weight excluding hydrogens is 625 g/mol. The van der Waals surface area contributed by atoms with E-state index in [2.05, 4.69) is 20.9 Å². The fourth-order valence-corrected chi connectivity index (χ4v) is 5.46. The van der Waals surface area contributed by atoms with E-state index in [1.165, 1.54) is 11.8 Å². The fraction of sp³-hybridized carbons (Fsp3) is 0.0526. The second-order valence-corrected chi connectivity index (χ2v) is 11.6. The smallest absolute Gasteiger partial charge is 0.272 e. The van der Waals surface area contributed by atoms with Gasteiger partial charge < -0.3 is 25.1 Å². The summed E-state index contributed by atoms with van der Waals surface area (Å²) in [5, 5.41) is 8.51. The van der Waals surface area contributed by atoms with Crippen LogP contribution in [0.2, 0.25) is 0 Å². The first-order valence-electron chi connectivity index (χ1n) is 15.0. The van der Waals surface area contributed by atoms with Gasteiger partial charge in [0.1, 0.15) is 17.0 Å². The van der Waals surface area contributed by atoms with E-state index in [1.807, 2.05) is 48.5 Å². The number of carbonyl (C=O) groups excluding carboxylic acids is 3. The van der Waals surface area contributed by atoms with Gasteiger partial charge in [0.05, 0.1) is 12.9 Å². The molecule has 5 aromatic carbocycles. The van der Waals surface area contributed by atoms with E-state index in [1.54, 1.807) is 92.0 Å². The number of hydrogen-bond donors (Lipinski definition) is 3. The van der Waals surface area contributed by atoms with Gasteiger partial charge in [-0.25, -0.2) is 4.98 Å². The van der Waals surface area contributed by atoms with Crippen LogP contribution in [0.15, 0.2) is 142 Å². The fourth-order valence-electron chi connectivity index (χ4n) is 4.71. The normalized spacial score (nSPS) is 11.1. The third kappa shape index (κ3) is 8.17. The lowest BCUT2D eigenvalue weighted by molar-refractivity contribution is -0.114. The van der Waals surface area contributed by atoms with Crippen LogP contribution in [0.5, 0.6) is 5.75 Å². The van der Waals surface area contributed by atoms with Crippen molar-refractivity contribution in [2.45, 2.75) is 4.90 Å². The van der Waals surface area contributed by atoms with Crippen LogP contribution in [0.3, 0.4) is 0 Å². The number of aromatic nitrogens is 1. The van der Waals surface area contributed by atoms with Crippen molar-refractivity contribution in [3.05, 3.63) is 144 Å². The highest BCUT2D eigenvalue weighted by Crippen LogP contribution is 2.26. The Balaban J connectivity index is 1.08. The number of nitrogens with zero attached hydrogens (tertiary/aromatic N) is 1. The van der Waals surface area contributed by atoms with Gasteiger partial charge in [0, 0.05) is 27.4 Å². The zero-order valence-electron chi connectivity index (χ0n) is 25.8. The Labute approximate surface area is 281 Å². The summed E-state index contributed by atoms with van der Waals surface area (Å²) < 4.78 is 11.0. The van der Waals surface area contributed by atoms with E-state index in [0.717, 1.165) is 16.0 Å². The molecule has 0 saturated carbocycles. The number of fused-ring (bicyclic) bond motifs is 1. The molecule has 0 bridgehead atoms. The lowest BCUT2D eigenvalue weighted by Gasteiger charge is -2.12. The van der Waals surface area contributed by atoms with Crippen LogP contribution in [0, 0.1) is 0 Å². The summed E-state index contributed by atoms with van der Waals surface area (Å²) in [6.45, 7) is 0. The van der Waals surface area contributed by atoms with Crippen LogP contribution in [0.25, 0.3) is 28.6 Å². The van der Waals surface area contributed by atoms with Crippen LogP contribution in [0.1, 0.15) is 15.9 Å². The minimum atomic E-state index is -0.503. The van der Waals surface area contributed by atoms with Crippen LogP contribution in [-0.2, 0) is 9.59 Å². The average molecular weight is 655 g/mol. The zero-order valence-corrected chi connectivity index (χ0v) is 26.6. The van der Waals surface area contributed by atoms with Gasteiger partial charge in [0.15, 0.2) is 5.58 Å². The number of rotatable bonds is 11. The summed E-state index contributed by atoms with van der Waals surface area (Å²) in [7, 11) is 1.57. The summed E-state index contributed by atoms with van der Waals surface area (Å²) in [5.41, 5.74) is 4.64. The number of thioether (sulfide) groups is 1. The molecule has 0 aliphatic heterocycles. The van der Waals surface area contributed by atoms with Gasteiger partial charge in [-0.1, -0.05) is 48.5 Å². The van der Waals surface area contributed by atoms with Crippen LogP contribution >= 0.6 is 11.8 Å². The van der Waals surface area contributed by atoms with E-state index in [-0.39, 0.29) is 17.4 Å². The van der Waals surface area contributed by atoms with Crippen molar-refractivity contribution in [2.75, 3.05) is 23.5 Å². The predicted octanol–water partition coefficient (Wildman–Crippen LogP) is 7.64. The number of amides is 3. The molecule has 1 heterocycles. The molecule has 0 spiro atoms. The number of benzene rings is 5. The predicted molar refractivity (Wildman–Crippen MR) is 189 cm³/mol. The Morgan fingerprint density at radius 2 is 1.54 bits per heavy atom. The number of ether oxygens (including phenoxy) is 1. The topological polar surface area (TPSA) is 123 Å². The van der Waals surface area contributed by atoms with Crippen LogP contribution in [-0.4, -0.2) is 35.6 Å². The first kappa shape index (κ1) is 31.8. The molecule has 1 aromatic heterocycles. The third-order valence-electron chi connectivity index (χ3n) is 7.13. The van der Waals surface area contributed by atoms with Gasteiger partial charge in [-0.2, -0.15) is 0 Å². The number of hydrogen-bond acceptors (Lipinski definition) is 7. The number of nitrogens with one attached hydrogen (secondary N) is 3. The molecule has 6 rings (SSSR count). The van der Waals surface area contributed by atoms with Crippen molar-refractivity contribution in [1.29, 1.82) is 0 Å². The molecule has 3 amide bonds. The van der Waals surface area contributed by atoms with Crippen molar-refractivity contribution in [2.24, 2.45) is 0 Å². The molecule has 0 fully saturated rings. The molecule has 238 valence electrons. The lowest BCUT2D eigenvalue weighted by atomic mass is 10.1. The van der Waals surface area contributed by atoms with Gasteiger partial charge in [0.2, 0.25) is 11.8 Å². The average Bonchev–Trinajstić information content (AvgIpc) is 3.56. The number of para-hydroxylation sites is 2. The van der Waals surface area contributed by atoms with E-state index < -0.39 is 11.8 Å². The Hall–Kier alpha value is -6.13. The molecule has 10 heteroatoms. The van der Waals surface area contributed by atoms with Gasteiger partial charge in [-0.3, -0.25) is 14.4 Å². The molecule has 0 unspecified atom stereocenters. The summed E-state index contributed by atoms with van der Waals surface area (Å²) in [4.78, 5) is 44.4. The summed E-state index contributed by atoms with van der Waals surface area (Å²) in [6, 6.07) is 37.8. The van der Waals surface area contributed by atoms with Gasteiger partial charge in [-0.05, 0) is 90.5 Å². The Bertz CT molecular complexity index is 2060. The van der Waals surface area contributed by atoms with E-state index >= 15 is 0 Å². The quantitative estimate of drug-likeness (QED) is 0.0969. The molecule has 9 nitrogen and oxygen atoms in total. The second-order valence-electron chi connectivity index (χ2n) is 10.5. The Morgan fingerprint density at radius 1 is 0.792 bits per heavy atom. The molecular formula is C38H30N4O5S. The number of oxazole rings is 1. The first-order chi connectivity index (χ1) is 23.4. The molecule has 0 aliphatic rings. The van der Waals surface area contributed by atoms with Gasteiger partial charge in [0.25, 0.3) is 11.8 Å². The molecule has 0 atom stereocenters. The maximum atomic E-state index is 13.4. The highest BCUT2D eigenvalue weighted by atomic mass is 32.2. The minimum absolute atomic E-state index is 0.0635. The van der Waals surface area contributed by atoms with Crippen LogP contribution in [0.4, 0.5) is 11.4 Å². The summed E-state index contributed by atoms with van der Waals surface area (Å²) in [6.07, 6.45) is 1.60. The maximum Gasteiger partial charge on any atom is 0.272 e. The Kier molecular flexibility index (Phi) is 9.93. The van der Waals surface area contributed by atoms with Crippen molar-refractivity contribution in [3.63, 3.8) is 0 Å². The monoisotopic (exact) mass is 654 g/mol. The molecule has 0 radical (unpaired) electrons. The van der Waals surface area contributed by atoms with E-state index in [0.29, 0.717) is 39.7 Å². The molecule has 6 aromatic rings. The van der Waals surface area contributed by atoms with Crippen molar-refractivity contribution in [1.82, 2.24) is 10.3 Å². The third-order valence-corrected chi connectivity index (χ3v) is 8.12. The summed E-state index contributed by atoms with van der Waals surface area (Å²) in [5.74, 6) is 0.234. The highest BCUT2D eigenvalue weighted by Gasteiger charge is 2.16. The molecule has 0 saturated heterocycles. The van der Waals surface area contributed by atoms with Gasteiger partial charge >= 0.3 is 0 Å². The van der Waals surface area contributed by atoms with Crippen molar-refractivity contribution in [3.8, 4) is 17.2 Å². The van der Waals surface area contributed by atoms with Gasteiger partial charge in [-0.15, -0.1) is 11.8 Å². The lowest BCUT2D eigenvalue weighted by Crippen LogP contribution is -2.30. The standard InChI is InChI=1S/C38H30N4O5S/c1-46-30-20-14-25(15-21-30)22-33(41-36(44)26-8-3-2-4-9-26)37(45)40-29-10-7-11-31(23-29)48-24-35(43)39-28-18-16-27(17-19-28)38-42-32-12-5-6-13-34(32)47-38/h2-23H,24H2,1H3,(H,39,43)(H,40,45)(H,41,44)/b33-22+. The summed E-state index contributed by atoms with van der Waals surface area (Å²) >= 11 is 1.33. The van der Waals surface area contributed by atoms with E-state index in [4.69, 9.17) is 9.15 Å². The number of methoxy groups -OCH3 is 1. The molecule has 48 heavy (non-hydrogen) atoms. The SMILES string of the molecule is COc1ccc(/C=C(/NC(=O)c2ccccc2)C(=O)Nc2cccc(SCC(=O)Nc3ccc(-c4nc5ccccc5o4)cc3)c2)cc1. The highest BCUT2D eigenvalue weighted by molar-refractivity contribution is 8.00. The maximum absolute atomic E-state index is 13.4. The zero-order chi connectivity index (χ0) is 33.3. The van der Waals surface area contributed by atoms with E-state index in [9.17, 15) is 14.4 Å². The first-order valence-corrected chi connectivity index (χ1v) is 15.9. The molecule has 3 N–H and O–H groups in total. The largest absolute Gasteiger partial charge is 0.497 e. The number of anilines is 2.